The van der Waals surface area contributed by atoms with Gasteiger partial charge in [0.25, 0.3) is 0 Å². The van der Waals surface area contributed by atoms with E-state index in [1.54, 1.807) is 17.0 Å². The fourth-order valence-corrected chi connectivity index (χ4v) is 7.22. The lowest BCUT2D eigenvalue weighted by molar-refractivity contribution is -0.128. The molecular formula is C32H40FN7O2. The summed E-state index contributed by atoms with van der Waals surface area (Å²) in [6, 6.07) is 8.19. The molecule has 0 radical (unpaired) electrons. The van der Waals surface area contributed by atoms with Gasteiger partial charge in [-0.05, 0) is 82.0 Å². The number of hydrogen-bond acceptors (Lipinski definition) is 8. The standard InChI is InChI=1S/C32H40FN7O2/c1-3-30(41)40-17-16-38(20-25(40)12-13-34)31-27-10-9-24(39-15-4-6-22-18-23(33)8-11-29(22)39)19-28(27)35-32(36-31)42-21-26-7-5-14-37(26)2/h3,8,11,18,24-26H,1,4-7,9-10,12,14-17,19-21H2,2H3/t24?,25-,26-/m0/s1. The molecule has 2 fully saturated rings. The number of likely N-dealkylation sites (tertiary alicyclic amines) is 1. The molecule has 1 aromatic carbocycles. The number of hydrogen-bond donors (Lipinski definition) is 0. The molecule has 1 unspecified atom stereocenters. The lowest BCUT2D eigenvalue weighted by atomic mass is 9.88. The van der Waals surface area contributed by atoms with Gasteiger partial charge < -0.3 is 24.3 Å². The van der Waals surface area contributed by atoms with E-state index < -0.39 is 0 Å². The van der Waals surface area contributed by atoms with Gasteiger partial charge in [-0.15, -0.1) is 0 Å². The summed E-state index contributed by atoms with van der Waals surface area (Å²) in [6.07, 6.45) is 8.27. The van der Waals surface area contributed by atoms with Crippen molar-refractivity contribution in [3.8, 4) is 12.1 Å². The fourth-order valence-electron chi connectivity index (χ4n) is 7.22. The second-order valence-electron chi connectivity index (χ2n) is 12.0. The van der Waals surface area contributed by atoms with Gasteiger partial charge in [-0.3, -0.25) is 4.79 Å². The van der Waals surface area contributed by atoms with E-state index in [1.807, 2.05) is 6.07 Å². The zero-order chi connectivity index (χ0) is 29.2. The summed E-state index contributed by atoms with van der Waals surface area (Å²) < 4.78 is 20.3. The van der Waals surface area contributed by atoms with Crippen molar-refractivity contribution >= 4 is 17.4 Å². The molecule has 0 bridgehead atoms. The van der Waals surface area contributed by atoms with E-state index in [4.69, 9.17) is 14.7 Å². The number of carbonyl (C=O) groups is 1. The zero-order valence-corrected chi connectivity index (χ0v) is 24.5. The van der Waals surface area contributed by atoms with E-state index in [0.717, 1.165) is 86.4 Å². The van der Waals surface area contributed by atoms with Gasteiger partial charge in [0.15, 0.2) is 0 Å². The van der Waals surface area contributed by atoms with E-state index in [9.17, 15) is 14.4 Å². The third-order valence-corrected chi connectivity index (χ3v) is 9.49. The van der Waals surface area contributed by atoms with Crippen LogP contribution >= 0.6 is 0 Å². The highest BCUT2D eigenvalue weighted by molar-refractivity contribution is 5.87. The molecule has 4 aliphatic rings. The Labute approximate surface area is 247 Å². The maximum Gasteiger partial charge on any atom is 0.318 e. The lowest BCUT2D eigenvalue weighted by Gasteiger charge is -2.43. The summed E-state index contributed by atoms with van der Waals surface area (Å²) >= 11 is 0. The molecule has 6 rings (SSSR count). The molecule has 1 aliphatic carbocycles. The number of halogens is 1. The van der Waals surface area contributed by atoms with Crippen molar-refractivity contribution in [2.45, 2.75) is 69.5 Å². The van der Waals surface area contributed by atoms with E-state index in [2.05, 4.69) is 34.4 Å². The van der Waals surface area contributed by atoms with Crippen LogP contribution in [0.2, 0.25) is 0 Å². The second-order valence-corrected chi connectivity index (χ2v) is 12.0. The maximum atomic E-state index is 14.0. The average molecular weight is 574 g/mol. The molecular weight excluding hydrogens is 533 g/mol. The molecule has 42 heavy (non-hydrogen) atoms. The zero-order valence-electron chi connectivity index (χ0n) is 24.5. The van der Waals surface area contributed by atoms with Gasteiger partial charge in [-0.2, -0.15) is 15.2 Å². The molecule has 2 saturated heterocycles. The molecule has 0 saturated carbocycles. The van der Waals surface area contributed by atoms with Crippen molar-refractivity contribution in [2.24, 2.45) is 0 Å². The molecule has 9 nitrogen and oxygen atoms in total. The number of ether oxygens (including phenoxy) is 1. The van der Waals surface area contributed by atoms with Gasteiger partial charge in [-0.1, -0.05) is 6.58 Å². The average Bonchev–Trinajstić information content (AvgIpc) is 3.42. The van der Waals surface area contributed by atoms with Crippen molar-refractivity contribution in [3.63, 3.8) is 0 Å². The molecule has 4 heterocycles. The normalized spacial score (nSPS) is 24.1. The van der Waals surface area contributed by atoms with Crippen LogP contribution in [-0.2, 0) is 24.1 Å². The van der Waals surface area contributed by atoms with Crippen LogP contribution in [0.3, 0.4) is 0 Å². The van der Waals surface area contributed by atoms with Crippen LogP contribution in [0.5, 0.6) is 6.01 Å². The highest BCUT2D eigenvalue weighted by Gasteiger charge is 2.35. The molecule has 3 atom stereocenters. The SMILES string of the molecule is C=CC(=O)N1CCN(c2nc(OC[C@@H]3CCCN3C)nc3c2CCC(N2CCCc4cc(F)ccc42)C3)C[C@@H]1CC#N. The predicted molar refractivity (Wildman–Crippen MR) is 159 cm³/mol. The van der Waals surface area contributed by atoms with Crippen LogP contribution in [0, 0.1) is 17.1 Å². The topological polar surface area (TPSA) is 88.8 Å². The Morgan fingerprint density at radius 1 is 1.17 bits per heavy atom. The molecule has 3 aliphatic heterocycles. The number of anilines is 2. The van der Waals surface area contributed by atoms with E-state index in [1.165, 1.54) is 6.08 Å². The third kappa shape index (κ3) is 5.67. The van der Waals surface area contributed by atoms with Gasteiger partial charge in [-0.25, -0.2) is 4.39 Å². The summed E-state index contributed by atoms with van der Waals surface area (Å²) in [5.41, 5.74) is 4.35. The van der Waals surface area contributed by atoms with Crippen LogP contribution in [0.4, 0.5) is 15.9 Å². The summed E-state index contributed by atoms with van der Waals surface area (Å²) in [6.45, 7) is 7.85. The number of likely N-dealkylation sites (N-methyl/N-ethyl adjacent to an activating group) is 1. The second kappa shape index (κ2) is 12.3. The Bertz CT molecular complexity index is 1380. The molecule has 1 aromatic heterocycles. The first kappa shape index (κ1) is 28.4. The molecule has 0 N–H and O–H groups in total. The highest BCUT2D eigenvalue weighted by Crippen LogP contribution is 2.37. The van der Waals surface area contributed by atoms with E-state index in [-0.39, 0.29) is 30.2 Å². The maximum absolute atomic E-state index is 14.0. The minimum Gasteiger partial charge on any atom is -0.462 e. The Morgan fingerprint density at radius 2 is 2.05 bits per heavy atom. The summed E-state index contributed by atoms with van der Waals surface area (Å²) in [5.74, 6) is 0.540. The number of piperazine rings is 1. The Morgan fingerprint density at radius 3 is 2.83 bits per heavy atom. The van der Waals surface area contributed by atoms with Crippen molar-refractivity contribution < 1.29 is 13.9 Å². The van der Waals surface area contributed by atoms with Crippen LogP contribution in [0.25, 0.3) is 0 Å². The van der Waals surface area contributed by atoms with Gasteiger partial charge in [0.1, 0.15) is 18.2 Å². The van der Waals surface area contributed by atoms with Crippen molar-refractivity contribution in [1.29, 1.82) is 5.26 Å². The molecule has 2 aromatic rings. The highest BCUT2D eigenvalue weighted by atomic mass is 19.1. The van der Waals surface area contributed by atoms with Crippen LogP contribution in [-0.4, -0.2) is 90.2 Å². The largest absolute Gasteiger partial charge is 0.462 e. The number of fused-ring (bicyclic) bond motifs is 2. The Balaban J connectivity index is 1.30. The minimum absolute atomic E-state index is 0.145. The number of nitriles is 1. The molecule has 222 valence electrons. The lowest BCUT2D eigenvalue weighted by Crippen LogP contribution is -2.55. The number of rotatable bonds is 7. The predicted octanol–water partition coefficient (Wildman–Crippen LogP) is 3.52. The first-order valence-corrected chi connectivity index (χ1v) is 15.3. The number of nitrogens with zero attached hydrogens (tertiary/aromatic N) is 7. The Hall–Kier alpha value is -3.71. The van der Waals surface area contributed by atoms with Crippen molar-refractivity contribution in [2.75, 3.05) is 56.2 Å². The van der Waals surface area contributed by atoms with Gasteiger partial charge in [0.05, 0.1) is 24.2 Å². The summed E-state index contributed by atoms with van der Waals surface area (Å²) in [7, 11) is 2.13. The quantitative estimate of drug-likeness (QED) is 0.465. The monoisotopic (exact) mass is 573 g/mol. The van der Waals surface area contributed by atoms with E-state index in [0.29, 0.717) is 38.3 Å². The number of benzene rings is 1. The third-order valence-electron chi connectivity index (χ3n) is 9.49. The van der Waals surface area contributed by atoms with Crippen LogP contribution in [0.1, 0.15) is 48.9 Å². The van der Waals surface area contributed by atoms with Gasteiger partial charge >= 0.3 is 6.01 Å². The van der Waals surface area contributed by atoms with Crippen molar-refractivity contribution in [1.82, 2.24) is 19.8 Å². The number of aryl methyl sites for hydroxylation is 1. The number of amides is 1. The van der Waals surface area contributed by atoms with Crippen LogP contribution < -0.4 is 14.5 Å². The van der Waals surface area contributed by atoms with Crippen LogP contribution in [0.15, 0.2) is 30.9 Å². The van der Waals surface area contributed by atoms with Crippen molar-refractivity contribution in [3.05, 3.63) is 53.5 Å². The molecule has 0 spiro atoms. The molecule has 10 heteroatoms. The molecule has 1 amide bonds. The smallest absolute Gasteiger partial charge is 0.318 e. The van der Waals surface area contributed by atoms with E-state index >= 15 is 0 Å². The summed E-state index contributed by atoms with van der Waals surface area (Å²) in [5, 5.41) is 9.51. The Kier molecular flexibility index (Phi) is 8.29. The first-order valence-electron chi connectivity index (χ1n) is 15.3. The first-order chi connectivity index (χ1) is 20.4. The minimum atomic E-state index is -0.238. The van der Waals surface area contributed by atoms with Gasteiger partial charge in [0.2, 0.25) is 5.91 Å². The summed E-state index contributed by atoms with van der Waals surface area (Å²) in [4.78, 5) is 31.2. The fraction of sp³-hybridized carbons (Fsp3) is 0.562. The van der Waals surface area contributed by atoms with Gasteiger partial charge in [0, 0.05) is 55.9 Å². The number of aromatic nitrogens is 2. The number of carbonyl (C=O) groups excluding carboxylic acids is 1.